The maximum Gasteiger partial charge on any atom is 0.296 e. The third-order valence-corrected chi connectivity index (χ3v) is 11.2. The molecule has 0 spiro atoms. The molecule has 0 saturated heterocycles. The number of benzene rings is 4. The molecule has 0 fully saturated rings. The van der Waals surface area contributed by atoms with Crippen LogP contribution in [-0.2, 0) is 29.8 Å². The highest BCUT2D eigenvalue weighted by atomic mass is 32.2. The van der Waals surface area contributed by atoms with Gasteiger partial charge in [-0.25, -0.2) is 16.8 Å². The van der Waals surface area contributed by atoms with E-state index in [0.717, 1.165) is 30.3 Å². The van der Waals surface area contributed by atoms with Crippen molar-refractivity contribution in [3.63, 3.8) is 0 Å². The second-order valence-electron chi connectivity index (χ2n) is 9.54. The Morgan fingerprint density at radius 3 is 1.93 bits per heavy atom. The Morgan fingerprint density at radius 1 is 0.717 bits per heavy atom. The fourth-order valence-corrected chi connectivity index (χ4v) is 6.97. The fourth-order valence-electron chi connectivity index (χ4n) is 4.28. The highest BCUT2D eigenvalue weighted by molar-refractivity contribution is 7.91. The average molecular weight is 692 g/mol. The van der Waals surface area contributed by atoms with Gasteiger partial charge in [0.05, 0.1) is 29.2 Å². The van der Waals surface area contributed by atoms with E-state index in [1.54, 1.807) is 19.2 Å². The van der Waals surface area contributed by atoms with Crippen molar-refractivity contribution < 1.29 is 44.8 Å². The molecule has 18 heteroatoms. The first-order chi connectivity index (χ1) is 21.6. The highest BCUT2D eigenvalue weighted by Crippen LogP contribution is 2.44. The van der Waals surface area contributed by atoms with E-state index in [1.165, 1.54) is 33.1 Å². The first kappa shape index (κ1) is 34.2. The van der Waals surface area contributed by atoms with Crippen molar-refractivity contribution in [1.82, 2.24) is 0 Å². The minimum atomic E-state index is -4.90. The fraction of sp³-hybridized carbons (Fsp3) is 0.214. The van der Waals surface area contributed by atoms with Gasteiger partial charge in [0.25, 0.3) is 10.1 Å². The molecule has 0 radical (unpaired) electrons. The molecule has 0 aliphatic heterocycles. The Balaban J connectivity index is 1.81. The molecule has 244 valence electrons. The number of hydrogen-bond donors (Lipinski definition) is 4. The van der Waals surface area contributed by atoms with Gasteiger partial charge in [-0.2, -0.15) is 8.42 Å². The molecule has 0 bridgehead atoms. The number of nitrogens with zero attached hydrogens (tertiary/aromatic N) is 4. The molecule has 0 unspecified atom stereocenters. The van der Waals surface area contributed by atoms with Gasteiger partial charge in [-0.1, -0.05) is 13.8 Å². The molecule has 4 rings (SSSR count). The van der Waals surface area contributed by atoms with Crippen LogP contribution in [0.5, 0.6) is 17.2 Å². The lowest BCUT2D eigenvalue weighted by atomic mass is 10.1. The number of nitrogens with one attached hydrogen (secondary N) is 1. The molecule has 0 heterocycles. The van der Waals surface area contributed by atoms with Crippen molar-refractivity contribution in [3.8, 4) is 17.2 Å². The number of aromatic hydroxyl groups is 2. The monoisotopic (exact) mass is 691 g/mol. The summed E-state index contributed by atoms with van der Waals surface area (Å²) in [6, 6.07) is 11.2. The number of ether oxygens (including phenoxy) is 1. The van der Waals surface area contributed by atoms with E-state index < -0.39 is 40.4 Å². The summed E-state index contributed by atoms with van der Waals surface area (Å²) < 4.78 is 88.6. The topological polar surface area (TPSA) is 234 Å². The summed E-state index contributed by atoms with van der Waals surface area (Å²) in [6.45, 7) is 2.84. The number of rotatable bonds is 11. The Kier molecular flexibility index (Phi) is 9.67. The number of hydrogen-bond acceptors (Lipinski definition) is 14. The Bertz CT molecular complexity index is 2240. The lowest BCUT2D eigenvalue weighted by Crippen LogP contribution is -2.06. The minimum Gasteiger partial charge on any atom is -0.505 e. The number of anilines is 1. The molecule has 15 nitrogen and oxygen atoms in total. The number of methoxy groups -OCH3 is 1. The van der Waals surface area contributed by atoms with Gasteiger partial charge in [0.2, 0.25) is 0 Å². The largest absolute Gasteiger partial charge is 0.505 e. The summed E-state index contributed by atoms with van der Waals surface area (Å²) in [5.41, 5.74) is -0.0252. The Morgan fingerprint density at radius 2 is 1.33 bits per heavy atom. The molecule has 0 amide bonds. The second kappa shape index (κ2) is 13.0. The number of phenolic OH excluding ortho intramolecular Hbond substituents is 2. The molecule has 46 heavy (non-hydrogen) atoms. The van der Waals surface area contributed by atoms with Crippen LogP contribution in [0.15, 0.2) is 89.7 Å². The Labute approximate surface area is 264 Å². The average Bonchev–Trinajstić information content (AvgIpc) is 3.02. The summed E-state index contributed by atoms with van der Waals surface area (Å²) in [5.74, 6) is -1.37. The van der Waals surface area contributed by atoms with E-state index in [-0.39, 0.29) is 60.9 Å². The van der Waals surface area contributed by atoms with Gasteiger partial charge < -0.3 is 20.3 Å². The Hall–Kier alpha value is -4.65. The van der Waals surface area contributed by atoms with E-state index in [9.17, 15) is 40.0 Å². The highest BCUT2D eigenvalue weighted by Gasteiger charge is 2.23. The van der Waals surface area contributed by atoms with Gasteiger partial charge >= 0.3 is 0 Å². The van der Waals surface area contributed by atoms with Gasteiger partial charge in [-0.15, -0.1) is 20.5 Å². The van der Waals surface area contributed by atoms with Gasteiger partial charge in [0.15, 0.2) is 25.4 Å². The van der Waals surface area contributed by atoms with Crippen LogP contribution in [0.4, 0.5) is 28.4 Å². The van der Waals surface area contributed by atoms with Crippen LogP contribution < -0.4 is 10.1 Å². The second-order valence-corrected chi connectivity index (χ2v) is 15.5. The van der Waals surface area contributed by atoms with Crippen LogP contribution in [0, 0.1) is 0 Å². The summed E-state index contributed by atoms with van der Waals surface area (Å²) >= 11 is 0. The molecule has 0 aliphatic rings. The van der Waals surface area contributed by atoms with E-state index in [0.29, 0.717) is 11.1 Å². The maximum atomic E-state index is 12.5. The van der Waals surface area contributed by atoms with Crippen LogP contribution in [0.1, 0.15) is 13.8 Å². The van der Waals surface area contributed by atoms with Crippen LogP contribution in [0.2, 0.25) is 0 Å². The zero-order valence-corrected chi connectivity index (χ0v) is 27.3. The first-order valence-corrected chi connectivity index (χ1v) is 18.1. The van der Waals surface area contributed by atoms with Crippen LogP contribution >= 0.6 is 0 Å². The van der Waals surface area contributed by atoms with Gasteiger partial charge in [-0.05, 0) is 48.5 Å². The number of azo groups is 2. The maximum absolute atomic E-state index is 12.5. The standard InChI is InChI=1S/C28H29N5O10S3/c1-5-44(36,37)16-7-10-19(25(13-16)46(40,41)42)30-33-27-17-8-12-21(28(35)18(17)9-11-20(27)29-3)31-32-22-14-26(45(38,39)6-2)24(43-4)15-23(22)34/h7-15,29,34-35H,5-6H2,1-4H3,(H,40,41,42)/b32-31+,33-30+. The lowest BCUT2D eigenvalue weighted by molar-refractivity contribution is 0.396. The third-order valence-electron chi connectivity index (χ3n) is 6.84. The number of fused-ring (bicyclic) bond motifs is 1. The molecule has 4 aromatic rings. The molecule has 0 aromatic heterocycles. The molecule has 4 N–H and O–H groups in total. The quantitative estimate of drug-likeness (QED) is 0.106. The van der Waals surface area contributed by atoms with Crippen molar-refractivity contribution in [2.75, 3.05) is 31.0 Å². The van der Waals surface area contributed by atoms with Crippen molar-refractivity contribution in [2.45, 2.75) is 28.5 Å². The molecule has 0 aliphatic carbocycles. The van der Waals surface area contributed by atoms with E-state index in [1.807, 2.05) is 0 Å². The zero-order valence-electron chi connectivity index (χ0n) is 24.8. The van der Waals surface area contributed by atoms with Crippen molar-refractivity contribution in [3.05, 3.63) is 54.6 Å². The molecule has 0 atom stereocenters. The molecular formula is C28H29N5O10S3. The number of phenols is 2. The van der Waals surface area contributed by atoms with Crippen LogP contribution in [-0.4, -0.2) is 65.7 Å². The number of sulfone groups is 2. The van der Waals surface area contributed by atoms with E-state index >= 15 is 0 Å². The third kappa shape index (κ3) is 6.79. The SMILES string of the molecule is CCS(=O)(=O)c1ccc(/N=N/c2c(NC)ccc3c(O)c(/N=N/c4cc(S(=O)(=O)CC)c(OC)cc4O)ccc23)c(S(=O)(=O)O)c1. The van der Waals surface area contributed by atoms with E-state index in [4.69, 9.17) is 4.74 Å². The molecule has 4 aromatic carbocycles. The van der Waals surface area contributed by atoms with Crippen LogP contribution in [0.3, 0.4) is 0 Å². The summed E-state index contributed by atoms with van der Waals surface area (Å²) in [5, 5.41) is 41.0. The minimum absolute atomic E-state index is 0.0518. The first-order valence-electron chi connectivity index (χ1n) is 13.4. The normalized spacial score (nSPS) is 12.7. The van der Waals surface area contributed by atoms with Gasteiger partial charge in [0.1, 0.15) is 44.0 Å². The summed E-state index contributed by atoms with van der Waals surface area (Å²) in [6.07, 6.45) is 0. The van der Waals surface area contributed by atoms with E-state index in [2.05, 4.69) is 25.8 Å². The predicted molar refractivity (Wildman–Crippen MR) is 170 cm³/mol. The van der Waals surface area contributed by atoms with Gasteiger partial charge in [0, 0.05) is 23.9 Å². The van der Waals surface area contributed by atoms with Gasteiger partial charge in [-0.3, -0.25) is 4.55 Å². The van der Waals surface area contributed by atoms with Crippen LogP contribution in [0.25, 0.3) is 10.8 Å². The predicted octanol–water partition coefficient (Wildman–Crippen LogP) is 5.97. The summed E-state index contributed by atoms with van der Waals surface area (Å²) in [7, 11) is -9.60. The van der Waals surface area contributed by atoms with Crippen molar-refractivity contribution >= 4 is 69.0 Å². The molecular weight excluding hydrogens is 663 g/mol. The lowest BCUT2D eigenvalue weighted by Gasteiger charge is -2.11. The van der Waals surface area contributed by atoms with Crippen molar-refractivity contribution in [1.29, 1.82) is 0 Å². The van der Waals surface area contributed by atoms with Crippen molar-refractivity contribution in [2.24, 2.45) is 20.5 Å². The summed E-state index contributed by atoms with van der Waals surface area (Å²) in [4.78, 5) is -1.28. The molecule has 0 saturated carbocycles. The zero-order chi connectivity index (χ0) is 34.0. The smallest absolute Gasteiger partial charge is 0.296 e.